The number of aromatic nitrogens is 2. The second kappa shape index (κ2) is 11.0. The van der Waals surface area contributed by atoms with E-state index in [1.807, 2.05) is 12.1 Å². The van der Waals surface area contributed by atoms with Crippen LogP contribution in [0.3, 0.4) is 0 Å². The van der Waals surface area contributed by atoms with Crippen LogP contribution in [0, 0.1) is 16.6 Å². The van der Waals surface area contributed by atoms with Gasteiger partial charge >= 0.3 is 0 Å². The van der Waals surface area contributed by atoms with Crippen molar-refractivity contribution in [3.8, 4) is 0 Å². The molecule has 0 aliphatic carbocycles. The summed E-state index contributed by atoms with van der Waals surface area (Å²) in [5.41, 5.74) is 9.65. The zero-order chi connectivity index (χ0) is 23.8. The Morgan fingerprint density at radius 2 is 2.03 bits per heavy atom. The predicted octanol–water partition coefficient (Wildman–Crippen LogP) is 4.15. The number of halogens is 1. The van der Waals surface area contributed by atoms with E-state index in [-0.39, 0.29) is 11.8 Å². The normalized spacial score (nSPS) is 10.5. The summed E-state index contributed by atoms with van der Waals surface area (Å²) in [7, 11) is 3.38. The third kappa shape index (κ3) is 5.42. The van der Waals surface area contributed by atoms with E-state index in [0.717, 1.165) is 18.1 Å². The van der Waals surface area contributed by atoms with Crippen molar-refractivity contribution in [1.82, 2.24) is 9.97 Å². The number of hydrogen-bond acceptors (Lipinski definition) is 9. The minimum Gasteiger partial charge on any atom is -0.398 e. The van der Waals surface area contributed by atoms with Crippen molar-refractivity contribution in [3.63, 3.8) is 0 Å². The lowest BCUT2D eigenvalue weighted by molar-refractivity contribution is 0.196. The molecule has 3 rings (SSSR count). The fourth-order valence-corrected chi connectivity index (χ4v) is 3.39. The number of methoxy groups -OCH3 is 1. The van der Waals surface area contributed by atoms with Gasteiger partial charge in [0.25, 0.3) is 0 Å². The number of ether oxygens (including phenoxy) is 1. The lowest BCUT2D eigenvalue weighted by Gasteiger charge is -2.26. The van der Waals surface area contributed by atoms with Gasteiger partial charge in [-0.15, -0.1) is 0 Å². The first-order chi connectivity index (χ1) is 16.0. The summed E-state index contributed by atoms with van der Waals surface area (Å²) >= 11 is 0. The van der Waals surface area contributed by atoms with E-state index in [2.05, 4.69) is 20.6 Å². The molecule has 0 spiro atoms. The highest BCUT2D eigenvalue weighted by Crippen LogP contribution is 2.32. The quantitative estimate of drug-likeness (QED) is 0.168. The summed E-state index contributed by atoms with van der Waals surface area (Å²) in [6, 6.07) is 10.6. The van der Waals surface area contributed by atoms with Crippen LogP contribution in [0.25, 0.3) is 0 Å². The topological polar surface area (TPSA) is 136 Å². The zero-order valence-electron chi connectivity index (χ0n) is 18.5. The van der Waals surface area contributed by atoms with Gasteiger partial charge in [0.15, 0.2) is 11.6 Å². The largest absolute Gasteiger partial charge is 0.398 e. The highest BCUT2D eigenvalue weighted by atomic mass is 19.1. The van der Waals surface area contributed by atoms with E-state index in [1.165, 1.54) is 6.21 Å². The van der Waals surface area contributed by atoms with Gasteiger partial charge in [-0.25, -0.2) is 9.37 Å². The van der Waals surface area contributed by atoms with Gasteiger partial charge in [-0.05, 0) is 36.8 Å². The highest BCUT2D eigenvalue weighted by molar-refractivity contribution is 5.94. The fourth-order valence-electron chi connectivity index (χ4n) is 3.39. The van der Waals surface area contributed by atoms with E-state index in [4.69, 9.17) is 21.3 Å². The van der Waals surface area contributed by atoms with Crippen molar-refractivity contribution >= 4 is 46.9 Å². The third-order valence-electron chi connectivity index (χ3n) is 5.00. The molecule has 172 valence electrons. The maximum Gasteiger partial charge on any atom is 0.229 e. The number of hydrogen-bond donors (Lipinski definition) is 5. The highest BCUT2D eigenvalue weighted by Gasteiger charge is 2.20. The number of nitrogen functional groups attached to an aromatic ring is 1. The molecule has 1 heterocycles. The average molecular weight is 451 g/mol. The van der Waals surface area contributed by atoms with Gasteiger partial charge in [0.1, 0.15) is 0 Å². The number of nitrogens with two attached hydrogens (primary N) is 1. The molecule has 6 N–H and O–H groups in total. The molecule has 2 aromatic carbocycles. The van der Waals surface area contributed by atoms with Crippen molar-refractivity contribution < 1.29 is 9.13 Å². The second-order valence-corrected chi connectivity index (χ2v) is 7.11. The molecule has 0 saturated carbocycles. The van der Waals surface area contributed by atoms with Crippen molar-refractivity contribution in [2.75, 3.05) is 48.6 Å². The molecule has 0 fully saturated rings. The Kier molecular flexibility index (Phi) is 7.87. The molecular formula is C23H27FN8O. The number of benzene rings is 2. The van der Waals surface area contributed by atoms with Crippen molar-refractivity contribution in [3.05, 3.63) is 59.5 Å². The van der Waals surface area contributed by atoms with E-state index in [1.54, 1.807) is 43.3 Å². The Morgan fingerprint density at radius 1 is 1.21 bits per heavy atom. The van der Waals surface area contributed by atoms with Gasteiger partial charge in [-0.2, -0.15) is 4.98 Å². The monoisotopic (exact) mass is 450 g/mol. The summed E-state index contributed by atoms with van der Waals surface area (Å²) in [5, 5.41) is 21.5. The molecule has 1 aromatic heterocycles. The van der Waals surface area contributed by atoms with Gasteiger partial charge in [-0.1, -0.05) is 6.07 Å². The van der Waals surface area contributed by atoms with Crippen LogP contribution in [-0.2, 0) is 4.74 Å². The smallest absolute Gasteiger partial charge is 0.229 e. The summed E-state index contributed by atoms with van der Waals surface area (Å²) in [4.78, 5) is 10.2. The van der Waals surface area contributed by atoms with Crippen LogP contribution in [0.5, 0.6) is 0 Å². The lowest BCUT2D eigenvalue weighted by atomic mass is 10.1. The van der Waals surface area contributed by atoms with Gasteiger partial charge in [0, 0.05) is 67.9 Å². The molecule has 10 heteroatoms. The zero-order valence-corrected chi connectivity index (χ0v) is 18.5. The van der Waals surface area contributed by atoms with Crippen LogP contribution < -0.4 is 21.3 Å². The Balaban J connectivity index is 2.01. The minimum atomic E-state index is -0.609. The van der Waals surface area contributed by atoms with E-state index >= 15 is 0 Å². The van der Waals surface area contributed by atoms with Gasteiger partial charge in [0.2, 0.25) is 5.95 Å². The lowest BCUT2D eigenvalue weighted by Crippen LogP contribution is -2.24. The summed E-state index contributed by atoms with van der Waals surface area (Å²) in [6.45, 7) is 0.862. The minimum absolute atomic E-state index is 0.0522. The Morgan fingerprint density at radius 3 is 2.73 bits per heavy atom. The average Bonchev–Trinajstić information content (AvgIpc) is 2.83. The molecule has 3 aromatic rings. The molecule has 9 nitrogen and oxygen atoms in total. The van der Waals surface area contributed by atoms with Crippen molar-refractivity contribution in [2.45, 2.75) is 6.42 Å². The molecule has 0 aliphatic rings. The first-order valence-corrected chi connectivity index (χ1v) is 10.3. The first kappa shape index (κ1) is 23.6. The number of nitrogens with one attached hydrogen (secondary N) is 4. The standard InChI is InChI=1S/C23H27FN8O/c1-28-20-8-7-16(11-15(20)12-25)30-23-29-14-18(24)22(31-23)32(9-4-10-33-2)21-6-3-5-19(27)17(21)13-26/h3,5-8,11-14,25-26,28H,4,9-10,27H2,1-2H3,(H,29,30,31). The molecule has 0 saturated heterocycles. The predicted molar refractivity (Wildman–Crippen MR) is 131 cm³/mol. The maximum atomic E-state index is 15.0. The summed E-state index contributed by atoms with van der Waals surface area (Å²) in [6.07, 6.45) is 4.09. The first-order valence-electron chi connectivity index (χ1n) is 10.3. The third-order valence-corrected chi connectivity index (χ3v) is 5.00. The Bertz CT molecular complexity index is 1140. The molecule has 0 aliphatic heterocycles. The number of anilines is 6. The van der Waals surface area contributed by atoms with Gasteiger partial charge in [-0.3, -0.25) is 0 Å². The molecule has 0 bridgehead atoms. The number of rotatable bonds is 11. The van der Waals surface area contributed by atoms with Crippen LogP contribution in [0.4, 0.5) is 38.9 Å². The van der Waals surface area contributed by atoms with Crippen LogP contribution in [0.1, 0.15) is 17.5 Å². The summed E-state index contributed by atoms with van der Waals surface area (Å²) in [5.74, 6) is -0.366. The molecule has 0 amide bonds. The van der Waals surface area contributed by atoms with Crippen LogP contribution in [0.15, 0.2) is 42.6 Å². The fraction of sp³-hybridized carbons (Fsp3) is 0.217. The Labute approximate surface area is 191 Å². The summed E-state index contributed by atoms with van der Waals surface area (Å²) < 4.78 is 20.1. The maximum absolute atomic E-state index is 15.0. The molecule has 33 heavy (non-hydrogen) atoms. The second-order valence-electron chi connectivity index (χ2n) is 7.11. The van der Waals surface area contributed by atoms with Crippen LogP contribution in [-0.4, -0.2) is 49.7 Å². The van der Waals surface area contributed by atoms with E-state index in [0.29, 0.717) is 47.8 Å². The van der Waals surface area contributed by atoms with Crippen LogP contribution >= 0.6 is 0 Å². The molecular weight excluding hydrogens is 423 g/mol. The van der Waals surface area contributed by atoms with Gasteiger partial charge in [0.05, 0.1) is 11.9 Å². The van der Waals surface area contributed by atoms with Crippen molar-refractivity contribution in [1.29, 1.82) is 10.8 Å². The van der Waals surface area contributed by atoms with E-state index < -0.39 is 5.82 Å². The van der Waals surface area contributed by atoms with Gasteiger partial charge < -0.3 is 36.8 Å². The molecule has 0 atom stereocenters. The Hall–Kier alpha value is -4.05. The molecule has 0 radical (unpaired) electrons. The van der Waals surface area contributed by atoms with Crippen molar-refractivity contribution in [2.24, 2.45) is 0 Å². The number of nitrogens with zero attached hydrogens (tertiary/aromatic N) is 3. The molecule has 0 unspecified atom stereocenters. The van der Waals surface area contributed by atoms with E-state index in [9.17, 15) is 4.39 Å². The SMILES string of the molecule is CNc1ccc(Nc2ncc(F)c(N(CCCOC)c3cccc(N)c3C=N)n2)cc1C=N. The van der Waals surface area contributed by atoms with Crippen LogP contribution in [0.2, 0.25) is 0 Å².